The molecular weight excluding hydrogens is 332 g/mol. The summed E-state index contributed by atoms with van der Waals surface area (Å²) in [6.07, 6.45) is 0. The van der Waals surface area contributed by atoms with Crippen molar-refractivity contribution in [3.8, 4) is 0 Å². The molecule has 1 aliphatic rings. The molecule has 1 unspecified atom stereocenters. The lowest BCUT2D eigenvalue weighted by Crippen LogP contribution is -2.33. The van der Waals surface area contributed by atoms with Crippen molar-refractivity contribution in [1.82, 2.24) is 10.0 Å². The molecule has 0 radical (unpaired) electrons. The summed E-state index contributed by atoms with van der Waals surface area (Å²) in [6, 6.07) is 3.58. The molecule has 0 aromatic carbocycles. The van der Waals surface area contributed by atoms with E-state index in [9.17, 15) is 8.42 Å². The standard InChI is InChI=1S/C12H20N2O2S4/c1-2-13-7-10-3-4-12(19-10)20(15,16)14-8-11-9-17-5-6-18-11/h3-4,11,13-14H,2,5-9H2,1H3. The molecule has 1 saturated heterocycles. The van der Waals surface area contributed by atoms with Crippen LogP contribution in [0.15, 0.2) is 16.3 Å². The Labute approximate surface area is 133 Å². The highest BCUT2D eigenvalue weighted by molar-refractivity contribution is 8.06. The van der Waals surface area contributed by atoms with Crippen LogP contribution in [0.2, 0.25) is 0 Å². The number of sulfonamides is 1. The smallest absolute Gasteiger partial charge is 0.250 e. The number of thiophene rings is 1. The fourth-order valence-corrected chi connectivity index (χ4v) is 6.94. The highest BCUT2D eigenvalue weighted by atomic mass is 32.2. The van der Waals surface area contributed by atoms with Crippen LogP contribution >= 0.6 is 34.9 Å². The van der Waals surface area contributed by atoms with Crippen molar-refractivity contribution >= 4 is 44.9 Å². The summed E-state index contributed by atoms with van der Waals surface area (Å²) in [5, 5.41) is 3.60. The predicted molar refractivity (Wildman–Crippen MR) is 90.5 cm³/mol. The molecule has 0 saturated carbocycles. The van der Waals surface area contributed by atoms with E-state index in [1.165, 1.54) is 17.1 Å². The van der Waals surface area contributed by atoms with E-state index in [0.29, 0.717) is 16.0 Å². The van der Waals surface area contributed by atoms with Crippen molar-refractivity contribution in [2.45, 2.75) is 22.9 Å². The van der Waals surface area contributed by atoms with E-state index < -0.39 is 10.0 Å². The van der Waals surface area contributed by atoms with Gasteiger partial charge in [-0.15, -0.1) is 11.3 Å². The molecule has 0 spiro atoms. The van der Waals surface area contributed by atoms with Crippen LogP contribution in [0.3, 0.4) is 0 Å². The van der Waals surface area contributed by atoms with Crippen molar-refractivity contribution in [2.75, 3.05) is 30.3 Å². The minimum atomic E-state index is -3.35. The van der Waals surface area contributed by atoms with E-state index in [1.54, 1.807) is 6.07 Å². The summed E-state index contributed by atoms with van der Waals surface area (Å²) in [5.74, 6) is 3.32. The highest BCUT2D eigenvalue weighted by Crippen LogP contribution is 2.25. The molecule has 4 nitrogen and oxygen atoms in total. The van der Waals surface area contributed by atoms with Crippen molar-refractivity contribution in [1.29, 1.82) is 0 Å². The second-order valence-corrected chi connectivity index (χ2v) is 10.1. The van der Waals surface area contributed by atoms with Gasteiger partial charge < -0.3 is 5.32 Å². The van der Waals surface area contributed by atoms with Gasteiger partial charge in [0, 0.05) is 40.5 Å². The first kappa shape index (κ1) is 16.6. The van der Waals surface area contributed by atoms with Crippen LogP contribution in [-0.4, -0.2) is 44.0 Å². The van der Waals surface area contributed by atoms with Gasteiger partial charge in [-0.05, 0) is 18.7 Å². The van der Waals surface area contributed by atoms with E-state index in [-0.39, 0.29) is 0 Å². The van der Waals surface area contributed by atoms with Gasteiger partial charge in [0.15, 0.2) is 0 Å². The van der Waals surface area contributed by atoms with Crippen molar-refractivity contribution in [3.05, 3.63) is 17.0 Å². The molecule has 2 heterocycles. The van der Waals surface area contributed by atoms with Gasteiger partial charge in [-0.25, -0.2) is 13.1 Å². The van der Waals surface area contributed by atoms with Gasteiger partial charge in [0.1, 0.15) is 4.21 Å². The van der Waals surface area contributed by atoms with Gasteiger partial charge >= 0.3 is 0 Å². The zero-order chi connectivity index (χ0) is 14.4. The van der Waals surface area contributed by atoms with Crippen LogP contribution in [0.1, 0.15) is 11.8 Å². The molecular formula is C12H20N2O2S4. The maximum atomic E-state index is 12.2. The molecule has 2 N–H and O–H groups in total. The average Bonchev–Trinajstić information content (AvgIpc) is 2.94. The Morgan fingerprint density at radius 1 is 1.35 bits per heavy atom. The topological polar surface area (TPSA) is 58.2 Å². The molecule has 1 atom stereocenters. The monoisotopic (exact) mass is 352 g/mol. The Kier molecular flexibility index (Phi) is 6.70. The fourth-order valence-electron chi connectivity index (χ4n) is 1.77. The Morgan fingerprint density at radius 2 is 2.20 bits per heavy atom. The average molecular weight is 353 g/mol. The van der Waals surface area contributed by atoms with Crippen LogP contribution in [-0.2, 0) is 16.6 Å². The maximum Gasteiger partial charge on any atom is 0.250 e. The Balaban J connectivity index is 1.90. The molecule has 1 aromatic rings. The van der Waals surface area contributed by atoms with Gasteiger partial charge in [-0.3, -0.25) is 0 Å². The molecule has 8 heteroatoms. The molecule has 20 heavy (non-hydrogen) atoms. The highest BCUT2D eigenvalue weighted by Gasteiger charge is 2.20. The Hall–Kier alpha value is 0.270. The van der Waals surface area contributed by atoms with Gasteiger partial charge in [0.05, 0.1) is 0 Å². The summed E-state index contributed by atoms with van der Waals surface area (Å²) < 4.78 is 27.6. The maximum absolute atomic E-state index is 12.2. The second-order valence-electron chi connectivity index (χ2n) is 4.42. The SMILES string of the molecule is CCNCc1ccc(S(=O)(=O)NCC2CSCCS2)s1. The molecule has 2 rings (SSSR count). The summed E-state index contributed by atoms with van der Waals surface area (Å²) in [7, 11) is -3.35. The summed E-state index contributed by atoms with van der Waals surface area (Å²) in [6.45, 7) is 4.17. The van der Waals surface area contributed by atoms with E-state index in [4.69, 9.17) is 0 Å². The van der Waals surface area contributed by atoms with Crippen molar-refractivity contribution < 1.29 is 8.42 Å². The van der Waals surface area contributed by atoms with Crippen LogP contribution in [0.5, 0.6) is 0 Å². The van der Waals surface area contributed by atoms with Crippen molar-refractivity contribution in [2.24, 2.45) is 0 Å². The lowest BCUT2D eigenvalue weighted by molar-refractivity contribution is 0.583. The largest absolute Gasteiger partial charge is 0.312 e. The minimum absolute atomic E-state index is 0.393. The third-order valence-electron chi connectivity index (χ3n) is 2.84. The number of thioether (sulfide) groups is 2. The summed E-state index contributed by atoms with van der Waals surface area (Å²) in [4.78, 5) is 1.05. The fraction of sp³-hybridized carbons (Fsp3) is 0.667. The van der Waals surface area contributed by atoms with E-state index >= 15 is 0 Å². The zero-order valence-electron chi connectivity index (χ0n) is 11.4. The quantitative estimate of drug-likeness (QED) is 0.786. The van der Waals surface area contributed by atoms with Crippen LogP contribution in [0.4, 0.5) is 0 Å². The van der Waals surface area contributed by atoms with Crippen molar-refractivity contribution in [3.63, 3.8) is 0 Å². The van der Waals surface area contributed by atoms with Gasteiger partial charge in [0.2, 0.25) is 10.0 Å². The summed E-state index contributed by atoms with van der Waals surface area (Å²) >= 11 is 5.10. The normalized spacial score (nSPS) is 20.1. The number of hydrogen-bond acceptors (Lipinski definition) is 6. The molecule has 1 fully saturated rings. The van der Waals surface area contributed by atoms with Gasteiger partial charge in [-0.2, -0.15) is 23.5 Å². The predicted octanol–water partition coefficient (Wildman–Crippen LogP) is 1.98. The molecule has 0 amide bonds. The first-order valence-electron chi connectivity index (χ1n) is 6.60. The lowest BCUT2D eigenvalue weighted by Gasteiger charge is -2.20. The number of nitrogens with one attached hydrogen (secondary N) is 2. The molecule has 1 aliphatic heterocycles. The van der Waals surface area contributed by atoms with Crippen LogP contribution < -0.4 is 10.0 Å². The lowest BCUT2D eigenvalue weighted by atomic mass is 10.4. The van der Waals surface area contributed by atoms with E-state index in [2.05, 4.69) is 10.0 Å². The van der Waals surface area contributed by atoms with Gasteiger partial charge in [-0.1, -0.05) is 6.92 Å². The zero-order valence-corrected chi connectivity index (χ0v) is 14.7. The van der Waals surface area contributed by atoms with Crippen LogP contribution in [0.25, 0.3) is 0 Å². The minimum Gasteiger partial charge on any atom is -0.312 e. The van der Waals surface area contributed by atoms with E-state index in [1.807, 2.05) is 36.5 Å². The third-order valence-corrected chi connectivity index (χ3v) is 8.68. The van der Waals surface area contributed by atoms with E-state index in [0.717, 1.165) is 29.5 Å². The summed E-state index contributed by atoms with van der Waals surface area (Å²) in [5.41, 5.74) is 0. The number of rotatable bonds is 7. The molecule has 0 bridgehead atoms. The molecule has 1 aromatic heterocycles. The Bertz CT molecular complexity index is 509. The first-order valence-corrected chi connectivity index (χ1v) is 11.1. The second kappa shape index (κ2) is 8.05. The third kappa shape index (κ3) is 4.92. The van der Waals surface area contributed by atoms with Crippen LogP contribution in [0, 0.1) is 0 Å². The number of hydrogen-bond donors (Lipinski definition) is 2. The molecule has 114 valence electrons. The Morgan fingerprint density at radius 3 is 2.90 bits per heavy atom. The van der Waals surface area contributed by atoms with Gasteiger partial charge in [0.25, 0.3) is 0 Å². The first-order chi connectivity index (χ1) is 9.62. The molecule has 0 aliphatic carbocycles.